The average Bonchev–Trinajstić information content (AvgIpc) is 3.33. The topological polar surface area (TPSA) is 57.0 Å². The van der Waals surface area contributed by atoms with E-state index in [1.165, 1.54) is 7.11 Å². The molecule has 0 aliphatic rings. The summed E-state index contributed by atoms with van der Waals surface area (Å²) in [4.78, 5) is 16.2. The van der Waals surface area contributed by atoms with E-state index in [1.54, 1.807) is 11.0 Å². The molecule has 0 N–H and O–H groups in total. The van der Waals surface area contributed by atoms with E-state index in [9.17, 15) is 4.79 Å². The molecule has 0 spiro atoms. The molecule has 0 aliphatic heterocycles. The van der Waals surface area contributed by atoms with E-state index in [0.29, 0.717) is 0 Å². The molecule has 30 heavy (non-hydrogen) atoms. The molecule has 0 amide bonds. The van der Waals surface area contributed by atoms with Crippen molar-refractivity contribution in [1.82, 2.24) is 14.8 Å². The van der Waals surface area contributed by atoms with Crippen LogP contribution in [0.5, 0.6) is 0 Å². The van der Waals surface area contributed by atoms with Crippen LogP contribution in [0, 0.1) is 0 Å². The summed E-state index contributed by atoms with van der Waals surface area (Å²) in [7, 11) is 1.32. The number of benzene rings is 3. The maximum atomic E-state index is 12.0. The molecule has 1 heterocycles. The predicted molar refractivity (Wildman–Crippen MR) is 117 cm³/mol. The van der Waals surface area contributed by atoms with Crippen molar-refractivity contribution >= 4 is 5.97 Å². The molecular weight excluding hydrogens is 374 g/mol. The molecule has 152 valence electrons. The van der Waals surface area contributed by atoms with E-state index < -0.39 is 11.5 Å². The Labute approximate surface area is 177 Å². The van der Waals surface area contributed by atoms with E-state index in [2.05, 4.69) is 46.5 Å². The van der Waals surface area contributed by atoms with Crippen LogP contribution in [-0.4, -0.2) is 27.8 Å². The van der Waals surface area contributed by atoms with Gasteiger partial charge in [0.25, 0.3) is 5.82 Å². The Hall–Kier alpha value is -3.73. The SMILES string of the molecule is CC.COC(=O)c1ncn(C(c2ccccc2)(c2ccccc2)c2ccccc2)n1. The molecule has 5 nitrogen and oxygen atoms in total. The van der Waals surface area contributed by atoms with E-state index in [1.807, 2.05) is 68.4 Å². The number of aromatic nitrogens is 3. The van der Waals surface area contributed by atoms with Gasteiger partial charge in [-0.15, -0.1) is 5.10 Å². The molecule has 4 aromatic rings. The third-order valence-corrected chi connectivity index (χ3v) is 4.78. The highest BCUT2D eigenvalue weighted by Crippen LogP contribution is 2.39. The zero-order valence-corrected chi connectivity index (χ0v) is 17.4. The fraction of sp³-hybridized carbons (Fsp3) is 0.160. The molecular formula is C25H25N3O2. The molecule has 0 unspecified atom stereocenters. The minimum atomic E-state index is -0.789. The first-order valence-corrected chi connectivity index (χ1v) is 9.94. The van der Waals surface area contributed by atoms with Gasteiger partial charge in [0.05, 0.1) is 7.11 Å². The van der Waals surface area contributed by atoms with Crippen LogP contribution in [0.1, 0.15) is 41.2 Å². The smallest absolute Gasteiger partial charge is 0.377 e. The van der Waals surface area contributed by atoms with Crippen LogP contribution in [-0.2, 0) is 10.3 Å². The molecule has 0 aliphatic carbocycles. The second-order valence-corrected chi connectivity index (χ2v) is 6.31. The van der Waals surface area contributed by atoms with Crippen LogP contribution >= 0.6 is 0 Å². The molecule has 0 fully saturated rings. The maximum absolute atomic E-state index is 12.0. The van der Waals surface area contributed by atoms with Crippen LogP contribution in [0.3, 0.4) is 0 Å². The van der Waals surface area contributed by atoms with Gasteiger partial charge in [-0.3, -0.25) is 0 Å². The lowest BCUT2D eigenvalue weighted by atomic mass is 9.77. The number of carbonyl (C=O) groups is 1. The molecule has 0 atom stereocenters. The summed E-state index contributed by atoms with van der Waals surface area (Å²) < 4.78 is 6.54. The summed E-state index contributed by atoms with van der Waals surface area (Å²) in [6, 6.07) is 30.2. The highest BCUT2D eigenvalue weighted by atomic mass is 16.5. The molecule has 0 saturated heterocycles. The highest BCUT2D eigenvalue weighted by molar-refractivity contribution is 5.84. The Balaban J connectivity index is 0.00000124. The van der Waals surface area contributed by atoms with Gasteiger partial charge in [0, 0.05) is 0 Å². The number of ether oxygens (including phenoxy) is 1. The van der Waals surface area contributed by atoms with Crippen molar-refractivity contribution in [2.45, 2.75) is 19.4 Å². The van der Waals surface area contributed by atoms with Gasteiger partial charge < -0.3 is 4.74 Å². The number of esters is 1. The summed E-state index contributed by atoms with van der Waals surface area (Å²) in [6.07, 6.45) is 1.58. The van der Waals surface area contributed by atoms with Crippen LogP contribution in [0.2, 0.25) is 0 Å². The van der Waals surface area contributed by atoms with Crippen molar-refractivity contribution in [2.24, 2.45) is 0 Å². The van der Waals surface area contributed by atoms with E-state index in [4.69, 9.17) is 4.74 Å². The van der Waals surface area contributed by atoms with Crippen molar-refractivity contribution in [2.75, 3.05) is 7.11 Å². The molecule has 0 radical (unpaired) electrons. The third-order valence-electron chi connectivity index (χ3n) is 4.78. The fourth-order valence-corrected chi connectivity index (χ4v) is 3.54. The Bertz CT molecular complexity index is 965. The molecule has 0 saturated carbocycles. The number of hydrogen-bond acceptors (Lipinski definition) is 4. The lowest BCUT2D eigenvalue weighted by Gasteiger charge is -2.35. The number of methoxy groups -OCH3 is 1. The highest BCUT2D eigenvalue weighted by Gasteiger charge is 2.40. The fourth-order valence-electron chi connectivity index (χ4n) is 3.54. The van der Waals surface area contributed by atoms with Gasteiger partial charge in [-0.05, 0) is 16.7 Å². The largest absolute Gasteiger partial charge is 0.463 e. The molecule has 3 aromatic carbocycles. The quantitative estimate of drug-likeness (QED) is 0.353. The Kier molecular flexibility index (Phi) is 6.75. The second kappa shape index (κ2) is 9.65. The Morgan fingerprint density at radius 3 is 1.53 bits per heavy atom. The summed E-state index contributed by atoms with van der Waals surface area (Å²) in [5.74, 6) is -0.545. The summed E-state index contributed by atoms with van der Waals surface area (Å²) in [5.41, 5.74) is 2.24. The summed E-state index contributed by atoms with van der Waals surface area (Å²) >= 11 is 0. The zero-order valence-electron chi connectivity index (χ0n) is 17.4. The lowest BCUT2D eigenvalue weighted by Crippen LogP contribution is -2.38. The van der Waals surface area contributed by atoms with Crippen LogP contribution in [0.4, 0.5) is 0 Å². The first-order valence-electron chi connectivity index (χ1n) is 9.94. The standard InChI is InChI=1S/C23H19N3O2.C2H6/c1-28-22(27)21-24-17-26(25-21)23(18-11-5-2-6-12-18,19-13-7-3-8-14-19)20-15-9-4-10-16-20;1-2/h2-17H,1H3;1-2H3. The van der Waals surface area contributed by atoms with Gasteiger partial charge >= 0.3 is 5.97 Å². The first-order chi connectivity index (χ1) is 14.8. The van der Waals surface area contributed by atoms with Crippen molar-refractivity contribution in [3.8, 4) is 0 Å². The Morgan fingerprint density at radius 2 is 1.17 bits per heavy atom. The van der Waals surface area contributed by atoms with E-state index in [0.717, 1.165) is 16.7 Å². The van der Waals surface area contributed by atoms with Gasteiger partial charge in [0.15, 0.2) is 0 Å². The third kappa shape index (κ3) is 3.74. The maximum Gasteiger partial charge on any atom is 0.377 e. The molecule has 4 rings (SSSR count). The monoisotopic (exact) mass is 399 g/mol. The molecule has 0 bridgehead atoms. The summed E-state index contributed by atoms with van der Waals surface area (Å²) in [6.45, 7) is 4.00. The number of rotatable bonds is 5. The van der Waals surface area contributed by atoms with Gasteiger partial charge in [0.1, 0.15) is 11.9 Å². The molecule has 1 aromatic heterocycles. The number of hydrogen-bond donors (Lipinski definition) is 0. The van der Waals surface area contributed by atoms with Crippen molar-refractivity contribution in [3.63, 3.8) is 0 Å². The van der Waals surface area contributed by atoms with Crippen LogP contribution in [0.25, 0.3) is 0 Å². The predicted octanol–water partition coefficient (Wildman–Crippen LogP) is 4.93. The minimum absolute atomic E-state index is 0.0228. The van der Waals surface area contributed by atoms with Crippen molar-refractivity contribution in [3.05, 3.63) is 120 Å². The normalized spacial score (nSPS) is 10.6. The van der Waals surface area contributed by atoms with Crippen molar-refractivity contribution in [1.29, 1.82) is 0 Å². The van der Waals surface area contributed by atoms with Gasteiger partial charge in [-0.25, -0.2) is 14.5 Å². The van der Waals surface area contributed by atoms with Gasteiger partial charge in [-0.2, -0.15) is 0 Å². The second-order valence-electron chi connectivity index (χ2n) is 6.31. The molecule has 5 heteroatoms. The minimum Gasteiger partial charge on any atom is -0.463 e. The van der Waals surface area contributed by atoms with Crippen LogP contribution in [0.15, 0.2) is 97.3 Å². The Morgan fingerprint density at radius 1 is 0.767 bits per heavy atom. The number of carbonyl (C=O) groups excluding carboxylic acids is 1. The number of nitrogens with zero attached hydrogens (tertiary/aromatic N) is 3. The van der Waals surface area contributed by atoms with Crippen LogP contribution < -0.4 is 0 Å². The van der Waals surface area contributed by atoms with E-state index >= 15 is 0 Å². The van der Waals surface area contributed by atoms with Gasteiger partial charge in [0.2, 0.25) is 0 Å². The first kappa shape index (κ1) is 21.0. The summed E-state index contributed by atoms with van der Waals surface area (Å²) in [5, 5.41) is 4.51. The van der Waals surface area contributed by atoms with Gasteiger partial charge in [-0.1, -0.05) is 105 Å². The average molecular weight is 399 g/mol. The van der Waals surface area contributed by atoms with Crippen molar-refractivity contribution < 1.29 is 9.53 Å². The lowest BCUT2D eigenvalue weighted by molar-refractivity contribution is 0.0586. The zero-order chi connectivity index (χ0) is 21.4. The van der Waals surface area contributed by atoms with E-state index in [-0.39, 0.29) is 5.82 Å².